The van der Waals surface area contributed by atoms with Gasteiger partial charge < -0.3 is 10.4 Å². The molecular formula is C7H8FNO. The molecule has 0 aliphatic rings. The van der Waals surface area contributed by atoms with Crippen molar-refractivity contribution in [2.24, 2.45) is 0 Å². The molecule has 0 spiro atoms. The Labute approximate surface area is 58.3 Å². The Morgan fingerprint density at radius 2 is 2.10 bits per heavy atom. The van der Waals surface area contributed by atoms with Gasteiger partial charge in [-0.3, -0.25) is 0 Å². The molecule has 0 heterocycles. The van der Waals surface area contributed by atoms with Crippen LogP contribution >= 0.6 is 0 Å². The quantitative estimate of drug-likeness (QED) is 0.622. The van der Waals surface area contributed by atoms with Crippen LogP contribution in [-0.2, 0) is 0 Å². The number of nitrogens with one attached hydrogen (secondary N) is 1. The zero-order valence-corrected chi connectivity index (χ0v) is 5.56. The van der Waals surface area contributed by atoms with Crippen LogP contribution in [0.5, 0.6) is 5.75 Å². The van der Waals surface area contributed by atoms with Crippen LogP contribution in [0.3, 0.4) is 0 Å². The maximum atomic E-state index is 12.4. The molecule has 1 aromatic carbocycles. The van der Waals surface area contributed by atoms with Crippen molar-refractivity contribution in [3.8, 4) is 5.75 Å². The van der Waals surface area contributed by atoms with Gasteiger partial charge in [0.05, 0.1) is 0 Å². The molecule has 1 aromatic rings. The maximum absolute atomic E-state index is 12.4. The Morgan fingerprint density at radius 1 is 1.40 bits per heavy atom. The minimum absolute atomic E-state index is 0.0654. The molecule has 0 aliphatic carbocycles. The van der Waals surface area contributed by atoms with E-state index in [9.17, 15) is 4.39 Å². The summed E-state index contributed by atoms with van der Waals surface area (Å²) < 4.78 is 12.4. The highest BCUT2D eigenvalue weighted by molar-refractivity contribution is 5.47. The predicted octanol–water partition coefficient (Wildman–Crippen LogP) is 1.57. The largest absolute Gasteiger partial charge is 0.508 e. The highest BCUT2D eigenvalue weighted by Crippen LogP contribution is 2.17. The SMILES string of the molecule is CNc1cc(O)cc(F)c1. The van der Waals surface area contributed by atoms with Crippen LogP contribution in [0.4, 0.5) is 10.1 Å². The lowest BCUT2D eigenvalue weighted by Crippen LogP contribution is -1.87. The summed E-state index contributed by atoms with van der Waals surface area (Å²) in [6, 6.07) is 3.81. The second-order valence-corrected chi connectivity index (χ2v) is 1.95. The molecule has 0 saturated carbocycles. The van der Waals surface area contributed by atoms with Gasteiger partial charge in [-0.25, -0.2) is 4.39 Å². The summed E-state index contributed by atoms with van der Waals surface area (Å²) in [5, 5.41) is 11.6. The lowest BCUT2D eigenvalue weighted by atomic mass is 10.3. The number of hydrogen-bond acceptors (Lipinski definition) is 2. The zero-order chi connectivity index (χ0) is 7.56. The standard InChI is InChI=1S/C7H8FNO/c1-9-6-2-5(8)3-7(10)4-6/h2-4,9-10H,1H3. The van der Waals surface area contributed by atoms with Crippen molar-refractivity contribution < 1.29 is 9.50 Å². The molecule has 3 heteroatoms. The highest BCUT2D eigenvalue weighted by Gasteiger charge is 1.95. The summed E-state index contributed by atoms with van der Waals surface area (Å²) in [5.74, 6) is -0.506. The molecule has 0 amide bonds. The Bertz CT molecular complexity index is 217. The second-order valence-electron chi connectivity index (χ2n) is 1.95. The van der Waals surface area contributed by atoms with Gasteiger partial charge in [0, 0.05) is 24.9 Å². The summed E-state index contributed by atoms with van der Waals surface area (Å²) in [4.78, 5) is 0. The van der Waals surface area contributed by atoms with Crippen molar-refractivity contribution >= 4 is 5.69 Å². The summed E-state index contributed by atoms with van der Waals surface area (Å²) in [7, 11) is 1.66. The van der Waals surface area contributed by atoms with Crippen molar-refractivity contribution in [3.63, 3.8) is 0 Å². The summed E-state index contributed by atoms with van der Waals surface area (Å²) in [6.07, 6.45) is 0. The number of benzene rings is 1. The Balaban J connectivity index is 3.06. The van der Waals surface area contributed by atoms with Gasteiger partial charge in [-0.05, 0) is 6.07 Å². The van der Waals surface area contributed by atoms with Crippen LogP contribution in [0, 0.1) is 5.82 Å². The molecular weight excluding hydrogens is 133 g/mol. The molecule has 2 nitrogen and oxygen atoms in total. The number of phenolic OH excluding ortho intramolecular Hbond substituents is 1. The average Bonchev–Trinajstić information content (AvgIpc) is 1.85. The molecule has 10 heavy (non-hydrogen) atoms. The normalized spacial score (nSPS) is 9.40. The average molecular weight is 141 g/mol. The summed E-state index contributed by atoms with van der Waals surface area (Å²) in [6.45, 7) is 0. The predicted molar refractivity (Wildman–Crippen MR) is 37.6 cm³/mol. The molecule has 0 saturated heterocycles. The third-order valence-electron chi connectivity index (χ3n) is 1.17. The Morgan fingerprint density at radius 3 is 2.60 bits per heavy atom. The highest BCUT2D eigenvalue weighted by atomic mass is 19.1. The van der Waals surface area contributed by atoms with Gasteiger partial charge >= 0.3 is 0 Å². The van der Waals surface area contributed by atoms with Crippen molar-refractivity contribution in [2.75, 3.05) is 12.4 Å². The summed E-state index contributed by atoms with van der Waals surface area (Å²) >= 11 is 0. The van der Waals surface area contributed by atoms with E-state index in [1.54, 1.807) is 7.05 Å². The van der Waals surface area contributed by atoms with E-state index in [1.807, 2.05) is 0 Å². The van der Waals surface area contributed by atoms with E-state index in [1.165, 1.54) is 12.1 Å². The first kappa shape index (κ1) is 6.86. The first-order chi connectivity index (χ1) is 4.72. The lowest BCUT2D eigenvalue weighted by molar-refractivity contribution is 0.469. The van der Waals surface area contributed by atoms with Gasteiger partial charge in [-0.1, -0.05) is 0 Å². The molecule has 0 unspecified atom stereocenters. The van der Waals surface area contributed by atoms with E-state index in [0.717, 1.165) is 6.07 Å². The molecule has 0 atom stereocenters. The van der Waals surface area contributed by atoms with Crippen LogP contribution in [0.15, 0.2) is 18.2 Å². The fourth-order valence-electron chi connectivity index (χ4n) is 0.718. The minimum Gasteiger partial charge on any atom is -0.508 e. The molecule has 2 N–H and O–H groups in total. The van der Waals surface area contributed by atoms with Gasteiger partial charge in [0.15, 0.2) is 0 Å². The van der Waals surface area contributed by atoms with Crippen LogP contribution in [0.2, 0.25) is 0 Å². The third kappa shape index (κ3) is 1.37. The van der Waals surface area contributed by atoms with Crippen LogP contribution in [0.1, 0.15) is 0 Å². The van der Waals surface area contributed by atoms with Crippen LogP contribution in [-0.4, -0.2) is 12.2 Å². The van der Waals surface area contributed by atoms with Crippen LogP contribution in [0.25, 0.3) is 0 Å². The number of halogens is 1. The first-order valence-electron chi connectivity index (χ1n) is 2.89. The van der Waals surface area contributed by atoms with Gasteiger partial charge in [0.1, 0.15) is 11.6 Å². The number of phenols is 1. The van der Waals surface area contributed by atoms with Crippen molar-refractivity contribution in [1.29, 1.82) is 0 Å². The molecule has 54 valence electrons. The number of aromatic hydroxyl groups is 1. The monoisotopic (exact) mass is 141 g/mol. The van der Waals surface area contributed by atoms with Gasteiger partial charge in [-0.2, -0.15) is 0 Å². The van der Waals surface area contributed by atoms with Crippen molar-refractivity contribution in [3.05, 3.63) is 24.0 Å². The van der Waals surface area contributed by atoms with E-state index in [2.05, 4.69) is 5.32 Å². The fraction of sp³-hybridized carbons (Fsp3) is 0.143. The summed E-state index contributed by atoms with van der Waals surface area (Å²) in [5.41, 5.74) is 0.567. The number of anilines is 1. The van der Waals surface area contributed by atoms with Crippen molar-refractivity contribution in [2.45, 2.75) is 0 Å². The Hall–Kier alpha value is -1.25. The Kier molecular flexibility index (Phi) is 1.76. The smallest absolute Gasteiger partial charge is 0.128 e. The van der Waals surface area contributed by atoms with Gasteiger partial charge in [-0.15, -0.1) is 0 Å². The number of hydrogen-bond donors (Lipinski definition) is 2. The van der Waals surface area contributed by atoms with Gasteiger partial charge in [0.25, 0.3) is 0 Å². The topological polar surface area (TPSA) is 32.3 Å². The van der Waals surface area contributed by atoms with E-state index in [0.29, 0.717) is 5.69 Å². The van der Waals surface area contributed by atoms with Crippen molar-refractivity contribution in [1.82, 2.24) is 0 Å². The third-order valence-corrected chi connectivity index (χ3v) is 1.17. The molecule has 0 fully saturated rings. The van der Waals surface area contributed by atoms with E-state index < -0.39 is 5.82 Å². The molecule has 0 aromatic heterocycles. The molecule has 0 bridgehead atoms. The first-order valence-corrected chi connectivity index (χ1v) is 2.89. The molecule has 1 rings (SSSR count). The van der Waals surface area contributed by atoms with E-state index in [4.69, 9.17) is 5.11 Å². The zero-order valence-electron chi connectivity index (χ0n) is 5.56. The second kappa shape index (κ2) is 2.56. The van der Waals surface area contributed by atoms with E-state index >= 15 is 0 Å². The number of rotatable bonds is 1. The van der Waals surface area contributed by atoms with Crippen LogP contribution < -0.4 is 5.32 Å². The molecule has 0 aliphatic heterocycles. The fourth-order valence-corrected chi connectivity index (χ4v) is 0.718. The minimum atomic E-state index is -0.440. The van der Waals surface area contributed by atoms with Gasteiger partial charge in [0.2, 0.25) is 0 Å². The molecule has 0 radical (unpaired) electrons. The maximum Gasteiger partial charge on any atom is 0.128 e. The van der Waals surface area contributed by atoms with E-state index in [-0.39, 0.29) is 5.75 Å². The lowest BCUT2D eigenvalue weighted by Gasteiger charge is -1.99.